The van der Waals surface area contributed by atoms with Gasteiger partial charge in [0, 0.05) is 0 Å². The highest BCUT2D eigenvalue weighted by atomic mass is 33.1. The predicted octanol–water partition coefficient (Wildman–Crippen LogP) is 2.69. The molecule has 0 bridgehead atoms. The van der Waals surface area contributed by atoms with Crippen LogP contribution in [0.4, 0.5) is 0 Å². The van der Waals surface area contributed by atoms with Crippen LogP contribution in [0.2, 0.25) is 0 Å². The zero-order valence-corrected chi connectivity index (χ0v) is 7.86. The summed E-state index contributed by atoms with van der Waals surface area (Å²) in [7, 11) is 3.03. The van der Waals surface area contributed by atoms with E-state index in [0.29, 0.717) is 0 Å². The van der Waals surface area contributed by atoms with Gasteiger partial charge in [0.1, 0.15) is 5.44 Å². The van der Waals surface area contributed by atoms with Crippen molar-refractivity contribution >= 4 is 21.6 Å². The Morgan fingerprint density at radius 3 is 2.45 bits per heavy atom. The highest BCUT2D eigenvalue weighted by molar-refractivity contribution is 8.76. The molecule has 1 rings (SSSR count). The molecule has 0 aliphatic carbocycles. The molecule has 1 aromatic rings. The molecule has 0 fully saturated rings. The van der Waals surface area contributed by atoms with E-state index in [0.717, 1.165) is 5.56 Å². The van der Waals surface area contributed by atoms with E-state index in [1.54, 1.807) is 10.8 Å². The van der Waals surface area contributed by atoms with E-state index in [1.807, 2.05) is 36.6 Å². The van der Waals surface area contributed by atoms with Gasteiger partial charge in [-0.2, -0.15) is 0 Å². The van der Waals surface area contributed by atoms with E-state index in [4.69, 9.17) is 0 Å². The van der Waals surface area contributed by atoms with Gasteiger partial charge >= 0.3 is 0 Å². The molecule has 0 radical (unpaired) electrons. The Morgan fingerprint density at radius 1 is 1.27 bits per heavy atom. The monoisotopic (exact) mass is 186 g/mol. The lowest BCUT2D eigenvalue weighted by molar-refractivity contribution is 0.272. The molecule has 0 heterocycles. The van der Waals surface area contributed by atoms with Crippen LogP contribution in [0.15, 0.2) is 30.3 Å². The summed E-state index contributed by atoms with van der Waals surface area (Å²) < 4.78 is 0. The third-order valence-corrected chi connectivity index (χ3v) is 3.04. The summed E-state index contributed by atoms with van der Waals surface area (Å²) >= 11 is 0. The van der Waals surface area contributed by atoms with Gasteiger partial charge in [-0.1, -0.05) is 51.9 Å². The number of benzene rings is 1. The average Bonchev–Trinajstić information content (AvgIpc) is 2.07. The lowest BCUT2D eigenvalue weighted by atomic mass is 10.2. The van der Waals surface area contributed by atoms with Crippen LogP contribution in [0.5, 0.6) is 0 Å². The Bertz CT molecular complexity index is 201. The predicted molar refractivity (Wildman–Crippen MR) is 52.5 cm³/mol. The summed E-state index contributed by atoms with van der Waals surface area (Å²) in [6.45, 7) is 0. The van der Waals surface area contributed by atoms with Crippen molar-refractivity contribution in [1.82, 2.24) is 0 Å². The van der Waals surface area contributed by atoms with Crippen molar-refractivity contribution in [2.75, 3.05) is 6.26 Å². The zero-order chi connectivity index (χ0) is 8.10. The van der Waals surface area contributed by atoms with Crippen molar-refractivity contribution < 1.29 is 5.11 Å². The number of hydrogen-bond donors (Lipinski definition) is 1. The lowest BCUT2D eigenvalue weighted by Crippen LogP contribution is -1.88. The largest absolute Gasteiger partial charge is 0.377 e. The van der Waals surface area contributed by atoms with E-state index in [-0.39, 0.29) is 0 Å². The minimum absolute atomic E-state index is 0.397. The minimum atomic E-state index is -0.397. The summed E-state index contributed by atoms with van der Waals surface area (Å²) in [5.41, 5.74) is 0.568. The van der Waals surface area contributed by atoms with Crippen molar-refractivity contribution in [2.24, 2.45) is 0 Å². The molecular weight excluding hydrogens is 176 g/mol. The van der Waals surface area contributed by atoms with E-state index in [9.17, 15) is 5.11 Å². The second kappa shape index (κ2) is 4.70. The van der Waals surface area contributed by atoms with Crippen molar-refractivity contribution in [3.8, 4) is 0 Å². The fraction of sp³-hybridized carbons (Fsp3) is 0.250. The molecule has 0 saturated heterocycles. The number of aliphatic hydroxyl groups is 1. The Hall–Kier alpha value is -0.120. The normalized spacial score (nSPS) is 12.9. The maximum Gasteiger partial charge on any atom is 0.135 e. The Balaban J connectivity index is 2.61. The molecular formula is C8H10OS2. The van der Waals surface area contributed by atoms with Crippen LogP contribution in [-0.4, -0.2) is 11.4 Å². The first-order chi connectivity index (χ1) is 5.34. The topological polar surface area (TPSA) is 20.2 Å². The minimum Gasteiger partial charge on any atom is -0.377 e. The van der Waals surface area contributed by atoms with Crippen LogP contribution in [0.1, 0.15) is 11.0 Å². The highest BCUT2D eigenvalue weighted by Gasteiger charge is 2.04. The van der Waals surface area contributed by atoms with Crippen molar-refractivity contribution in [3.63, 3.8) is 0 Å². The van der Waals surface area contributed by atoms with Crippen LogP contribution in [0.3, 0.4) is 0 Å². The summed E-state index contributed by atoms with van der Waals surface area (Å²) in [6.07, 6.45) is 1.96. The van der Waals surface area contributed by atoms with E-state index >= 15 is 0 Å². The van der Waals surface area contributed by atoms with Crippen LogP contribution in [-0.2, 0) is 0 Å². The number of aliphatic hydroxyl groups excluding tert-OH is 1. The van der Waals surface area contributed by atoms with Gasteiger partial charge in [0.2, 0.25) is 0 Å². The van der Waals surface area contributed by atoms with Gasteiger partial charge in [-0.3, -0.25) is 0 Å². The second-order valence-corrected chi connectivity index (χ2v) is 4.58. The van der Waals surface area contributed by atoms with E-state index in [1.165, 1.54) is 10.8 Å². The molecule has 0 amide bonds. The standard InChI is InChI=1S/C8H10OS2/c1-10-11-8(9)7-5-3-2-4-6-7/h2-6,8-9H,1H3. The molecule has 60 valence electrons. The molecule has 0 aromatic heterocycles. The summed E-state index contributed by atoms with van der Waals surface area (Å²) in [5, 5.41) is 9.46. The van der Waals surface area contributed by atoms with Crippen molar-refractivity contribution in [1.29, 1.82) is 0 Å². The summed E-state index contributed by atoms with van der Waals surface area (Å²) in [5.74, 6) is 0. The van der Waals surface area contributed by atoms with Crippen LogP contribution >= 0.6 is 21.6 Å². The smallest absolute Gasteiger partial charge is 0.135 e. The maximum absolute atomic E-state index is 9.46. The van der Waals surface area contributed by atoms with Gasteiger partial charge in [-0.25, -0.2) is 0 Å². The molecule has 0 spiro atoms. The Labute approximate surface area is 74.6 Å². The molecule has 1 atom stereocenters. The Kier molecular flexibility index (Phi) is 3.83. The van der Waals surface area contributed by atoms with E-state index in [2.05, 4.69) is 0 Å². The first-order valence-corrected chi connectivity index (χ1v) is 5.89. The molecule has 0 saturated carbocycles. The van der Waals surface area contributed by atoms with E-state index < -0.39 is 5.44 Å². The van der Waals surface area contributed by atoms with Crippen LogP contribution in [0.25, 0.3) is 0 Å². The van der Waals surface area contributed by atoms with Gasteiger partial charge in [0.05, 0.1) is 0 Å². The fourth-order valence-corrected chi connectivity index (χ4v) is 2.10. The third-order valence-electron chi connectivity index (χ3n) is 1.27. The lowest BCUT2D eigenvalue weighted by Gasteiger charge is -2.06. The quantitative estimate of drug-likeness (QED) is 0.579. The molecule has 1 aromatic carbocycles. The second-order valence-electron chi connectivity index (χ2n) is 2.03. The Morgan fingerprint density at radius 2 is 1.91 bits per heavy atom. The van der Waals surface area contributed by atoms with Gasteiger partial charge in [0.15, 0.2) is 0 Å². The van der Waals surface area contributed by atoms with Gasteiger partial charge < -0.3 is 5.11 Å². The highest BCUT2D eigenvalue weighted by Crippen LogP contribution is 2.33. The molecule has 1 unspecified atom stereocenters. The van der Waals surface area contributed by atoms with Gasteiger partial charge in [0.25, 0.3) is 0 Å². The molecule has 1 nitrogen and oxygen atoms in total. The molecule has 1 N–H and O–H groups in total. The zero-order valence-electron chi connectivity index (χ0n) is 6.23. The summed E-state index contributed by atoms with van der Waals surface area (Å²) in [4.78, 5) is 0. The summed E-state index contributed by atoms with van der Waals surface area (Å²) in [6, 6.07) is 9.65. The molecule has 3 heteroatoms. The van der Waals surface area contributed by atoms with Crippen LogP contribution < -0.4 is 0 Å². The SMILES string of the molecule is CSSC(O)c1ccccc1. The first-order valence-electron chi connectivity index (χ1n) is 3.27. The third kappa shape index (κ3) is 2.77. The van der Waals surface area contributed by atoms with Gasteiger partial charge in [-0.15, -0.1) is 0 Å². The van der Waals surface area contributed by atoms with Crippen molar-refractivity contribution in [3.05, 3.63) is 35.9 Å². The maximum atomic E-state index is 9.46. The van der Waals surface area contributed by atoms with Crippen LogP contribution in [0, 0.1) is 0 Å². The number of hydrogen-bond acceptors (Lipinski definition) is 3. The fourth-order valence-electron chi connectivity index (χ4n) is 0.764. The average molecular weight is 186 g/mol. The van der Waals surface area contributed by atoms with Gasteiger partial charge in [-0.05, 0) is 11.8 Å². The molecule has 0 aliphatic heterocycles. The van der Waals surface area contributed by atoms with Crippen molar-refractivity contribution in [2.45, 2.75) is 5.44 Å². The first kappa shape index (κ1) is 8.97. The number of rotatable bonds is 3. The molecule has 0 aliphatic rings. The molecule has 11 heavy (non-hydrogen) atoms.